The molecule has 0 aromatic heterocycles. The van der Waals surface area contributed by atoms with Crippen LogP contribution in [0.5, 0.6) is 0 Å². The van der Waals surface area contributed by atoms with Crippen molar-refractivity contribution in [2.75, 3.05) is 5.32 Å². The van der Waals surface area contributed by atoms with E-state index in [0.717, 1.165) is 31.4 Å². The molecule has 0 heterocycles. The number of hydrogen-bond donors (Lipinski definition) is 2. The Hall–Kier alpha value is -0.710. The highest BCUT2D eigenvalue weighted by Gasteiger charge is 2.36. The van der Waals surface area contributed by atoms with Gasteiger partial charge in [-0.1, -0.05) is 33.6 Å². The van der Waals surface area contributed by atoms with Crippen LogP contribution >= 0.6 is 24.2 Å². The summed E-state index contributed by atoms with van der Waals surface area (Å²) >= 11 is 1.82. The van der Waals surface area contributed by atoms with Crippen molar-refractivity contribution in [3.05, 3.63) is 24.3 Å². The van der Waals surface area contributed by atoms with Gasteiger partial charge in [-0.3, -0.25) is 4.79 Å². The van der Waals surface area contributed by atoms with Gasteiger partial charge in [0.15, 0.2) is 0 Å². The molecule has 1 aromatic carbocycles. The summed E-state index contributed by atoms with van der Waals surface area (Å²) < 4.78 is 0.190. The minimum absolute atomic E-state index is 0. The highest BCUT2D eigenvalue weighted by atomic mass is 35.5. The molecule has 2 rings (SSSR count). The fourth-order valence-corrected chi connectivity index (χ4v) is 3.43. The summed E-state index contributed by atoms with van der Waals surface area (Å²) in [6.07, 6.45) is 3.67. The van der Waals surface area contributed by atoms with Crippen LogP contribution in [0.4, 0.5) is 5.69 Å². The number of thioether (sulfide) groups is 1. The van der Waals surface area contributed by atoms with Gasteiger partial charge in [-0.25, -0.2) is 0 Å². The molecule has 3 nitrogen and oxygen atoms in total. The van der Waals surface area contributed by atoms with Gasteiger partial charge in [0.1, 0.15) is 0 Å². The summed E-state index contributed by atoms with van der Waals surface area (Å²) in [5.74, 6) is -0.0498. The topological polar surface area (TPSA) is 55.1 Å². The Balaban J connectivity index is 0.00000220. The van der Waals surface area contributed by atoms with Gasteiger partial charge in [0.05, 0.1) is 5.54 Å². The number of rotatable bonds is 3. The largest absolute Gasteiger partial charge is 0.324 e. The number of carbonyl (C=O) groups is 1. The van der Waals surface area contributed by atoms with Crippen LogP contribution in [0.15, 0.2) is 29.2 Å². The molecule has 1 saturated carbocycles. The second kappa shape index (κ2) is 7.03. The van der Waals surface area contributed by atoms with Crippen LogP contribution in [-0.4, -0.2) is 16.2 Å². The molecule has 0 bridgehead atoms. The van der Waals surface area contributed by atoms with E-state index in [1.807, 2.05) is 36.0 Å². The first-order valence-electron chi connectivity index (χ1n) is 7.18. The Morgan fingerprint density at radius 2 is 1.71 bits per heavy atom. The van der Waals surface area contributed by atoms with E-state index in [1.54, 1.807) is 0 Å². The first-order valence-corrected chi connectivity index (χ1v) is 8.00. The van der Waals surface area contributed by atoms with Crippen molar-refractivity contribution in [1.29, 1.82) is 0 Å². The molecule has 21 heavy (non-hydrogen) atoms. The van der Waals surface area contributed by atoms with Crippen LogP contribution in [0.2, 0.25) is 0 Å². The molecule has 0 radical (unpaired) electrons. The Morgan fingerprint density at radius 1 is 1.19 bits per heavy atom. The summed E-state index contributed by atoms with van der Waals surface area (Å²) in [5.41, 5.74) is 6.30. The minimum atomic E-state index is -0.668. The van der Waals surface area contributed by atoms with Gasteiger partial charge in [0.25, 0.3) is 0 Å². The van der Waals surface area contributed by atoms with E-state index >= 15 is 0 Å². The molecule has 0 aliphatic heterocycles. The van der Waals surface area contributed by atoms with Crippen molar-refractivity contribution in [3.8, 4) is 0 Å². The number of amides is 1. The number of benzene rings is 1. The maximum absolute atomic E-state index is 12.2. The number of halogens is 1. The van der Waals surface area contributed by atoms with Gasteiger partial charge in [-0.2, -0.15) is 0 Å². The van der Waals surface area contributed by atoms with Crippen molar-refractivity contribution >= 4 is 35.8 Å². The van der Waals surface area contributed by atoms with Crippen LogP contribution < -0.4 is 11.1 Å². The van der Waals surface area contributed by atoms with Crippen LogP contribution in [-0.2, 0) is 4.79 Å². The van der Waals surface area contributed by atoms with Gasteiger partial charge in [-0.05, 0) is 37.1 Å². The van der Waals surface area contributed by atoms with E-state index in [9.17, 15) is 4.79 Å². The molecule has 3 N–H and O–H groups in total. The first kappa shape index (κ1) is 18.3. The molecule has 5 heteroatoms. The van der Waals surface area contributed by atoms with Crippen LogP contribution in [0, 0.1) is 0 Å². The van der Waals surface area contributed by atoms with Gasteiger partial charge in [0, 0.05) is 15.3 Å². The second-order valence-electron chi connectivity index (χ2n) is 6.56. The molecule has 1 aromatic rings. The van der Waals surface area contributed by atoms with E-state index in [-0.39, 0.29) is 23.1 Å². The Labute approximate surface area is 137 Å². The molecule has 0 saturated heterocycles. The van der Waals surface area contributed by atoms with E-state index in [0.29, 0.717) is 0 Å². The van der Waals surface area contributed by atoms with E-state index in [4.69, 9.17) is 5.73 Å². The standard InChI is InChI=1S/C16H24N2OS.ClH/c1-15(2,3)20-13-8-6-12(7-9-13)18-14(19)16(17)10-4-5-11-16;/h6-9H,4-5,10-11,17H2,1-3H3,(H,18,19);1H. The van der Waals surface area contributed by atoms with Crippen molar-refractivity contribution < 1.29 is 4.79 Å². The SMILES string of the molecule is CC(C)(C)Sc1ccc(NC(=O)C2(N)CCCC2)cc1.Cl. The third-order valence-electron chi connectivity index (χ3n) is 3.48. The summed E-state index contributed by atoms with van der Waals surface area (Å²) in [6, 6.07) is 7.99. The molecule has 1 aliphatic carbocycles. The Kier molecular flexibility index (Phi) is 6.14. The van der Waals surface area contributed by atoms with Crippen LogP contribution in [0.3, 0.4) is 0 Å². The van der Waals surface area contributed by atoms with Crippen molar-refractivity contribution in [2.45, 2.75) is 61.6 Å². The maximum Gasteiger partial charge on any atom is 0.244 e. The second-order valence-corrected chi connectivity index (χ2v) is 8.46. The van der Waals surface area contributed by atoms with Crippen LogP contribution in [0.25, 0.3) is 0 Å². The number of nitrogens with one attached hydrogen (secondary N) is 1. The molecular formula is C16H25ClN2OS. The first-order chi connectivity index (χ1) is 9.28. The molecule has 1 amide bonds. The number of nitrogens with two attached hydrogens (primary N) is 1. The third-order valence-corrected chi connectivity index (χ3v) is 4.60. The van der Waals surface area contributed by atoms with Crippen molar-refractivity contribution in [2.24, 2.45) is 5.73 Å². The summed E-state index contributed by atoms with van der Waals surface area (Å²) in [5, 5.41) is 2.94. The summed E-state index contributed by atoms with van der Waals surface area (Å²) in [7, 11) is 0. The predicted molar refractivity (Wildman–Crippen MR) is 93.3 cm³/mol. The summed E-state index contributed by atoms with van der Waals surface area (Å²) in [4.78, 5) is 13.4. The number of anilines is 1. The molecular weight excluding hydrogens is 304 g/mol. The zero-order valence-electron chi connectivity index (χ0n) is 12.9. The van der Waals surface area contributed by atoms with Gasteiger partial charge in [-0.15, -0.1) is 24.2 Å². The Bertz CT molecular complexity index is 476. The van der Waals surface area contributed by atoms with Crippen LogP contribution in [0.1, 0.15) is 46.5 Å². The van der Waals surface area contributed by atoms with Gasteiger partial charge < -0.3 is 11.1 Å². The Morgan fingerprint density at radius 3 is 2.19 bits per heavy atom. The lowest BCUT2D eigenvalue weighted by atomic mass is 9.98. The lowest BCUT2D eigenvalue weighted by molar-refractivity contribution is -0.121. The third kappa shape index (κ3) is 5.20. The minimum Gasteiger partial charge on any atom is -0.324 e. The lowest BCUT2D eigenvalue weighted by Gasteiger charge is -2.22. The van der Waals surface area contributed by atoms with E-state index in [2.05, 4.69) is 26.1 Å². The van der Waals surface area contributed by atoms with Gasteiger partial charge >= 0.3 is 0 Å². The molecule has 1 aliphatic rings. The predicted octanol–water partition coefficient (Wildman–Crippen LogP) is 4.21. The molecule has 0 unspecified atom stereocenters. The van der Waals surface area contributed by atoms with E-state index in [1.165, 1.54) is 4.90 Å². The monoisotopic (exact) mass is 328 g/mol. The highest BCUT2D eigenvalue weighted by molar-refractivity contribution is 8.00. The van der Waals surface area contributed by atoms with Crippen molar-refractivity contribution in [1.82, 2.24) is 0 Å². The summed E-state index contributed by atoms with van der Waals surface area (Å²) in [6.45, 7) is 6.56. The fourth-order valence-electron chi connectivity index (χ4n) is 2.45. The lowest BCUT2D eigenvalue weighted by Crippen LogP contribution is -2.48. The zero-order valence-corrected chi connectivity index (χ0v) is 14.6. The smallest absolute Gasteiger partial charge is 0.244 e. The average molecular weight is 329 g/mol. The molecule has 0 spiro atoms. The normalized spacial score (nSPS) is 17.1. The fraction of sp³-hybridized carbons (Fsp3) is 0.562. The quantitative estimate of drug-likeness (QED) is 0.817. The maximum atomic E-state index is 12.2. The average Bonchev–Trinajstić information content (AvgIpc) is 2.78. The van der Waals surface area contributed by atoms with Crippen molar-refractivity contribution in [3.63, 3.8) is 0 Å². The molecule has 1 fully saturated rings. The number of hydrogen-bond acceptors (Lipinski definition) is 3. The highest BCUT2D eigenvalue weighted by Crippen LogP contribution is 2.33. The number of carbonyl (C=O) groups excluding carboxylic acids is 1. The zero-order chi connectivity index (χ0) is 14.8. The molecule has 118 valence electrons. The molecule has 0 atom stereocenters. The van der Waals surface area contributed by atoms with E-state index < -0.39 is 5.54 Å². The van der Waals surface area contributed by atoms with Gasteiger partial charge in [0.2, 0.25) is 5.91 Å².